The van der Waals surface area contributed by atoms with Gasteiger partial charge in [-0.15, -0.1) is 12.4 Å². The van der Waals surface area contributed by atoms with Gasteiger partial charge in [0.05, 0.1) is 14.2 Å². The first kappa shape index (κ1) is 19.6. The number of amides is 1. The summed E-state index contributed by atoms with van der Waals surface area (Å²) in [5.74, 6) is 1.79. The molecule has 1 fully saturated rings. The van der Waals surface area contributed by atoms with E-state index in [0.717, 1.165) is 30.2 Å². The zero-order valence-electron chi connectivity index (χ0n) is 14.3. The fourth-order valence-electron chi connectivity index (χ4n) is 2.87. The molecule has 1 aliphatic heterocycles. The van der Waals surface area contributed by atoms with Crippen LogP contribution >= 0.6 is 12.4 Å². The molecule has 1 aromatic rings. The number of carbonyl (C=O) groups excluding carboxylic acids is 1. The van der Waals surface area contributed by atoms with Crippen LogP contribution in [-0.4, -0.2) is 50.2 Å². The van der Waals surface area contributed by atoms with Crippen molar-refractivity contribution in [1.29, 1.82) is 0 Å². The normalized spacial score (nSPS) is 20.6. The van der Waals surface area contributed by atoms with Crippen molar-refractivity contribution in [2.75, 3.05) is 27.3 Å². The largest absolute Gasteiger partial charge is 0.497 e. The molecular formula is C17H27ClN2O3. The summed E-state index contributed by atoms with van der Waals surface area (Å²) < 4.78 is 10.6. The molecule has 0 aliphatic carbocycles. The Morgan fingerprint density at radius 3 is 2.70 bits per heavy atom. The van der Waals surface area contributed by atoms with Crippen molar-refractivity contribution >= 4 is 18.3 Å². The second-order valence-electron chi connectivity index (χ2n) is 5.75. The molecule has 2 rings (SSSR count). The summed E-state index contributed by atoms with van der Waals surface area (Å²) in [6.07, 6.45) is 1.14. The average Bonchev–Trinajstić information content (AvgIpc) is 2.54. The van der Waals surface area contributed by atoms with Gasteiger partial charge in [0, 0.05) is 31.6 Å². The molecule has 0 aromatic heterocycles. The van der Waals surface area contributed by atoms with Gasteiger partial charge in [0.1, 0.15) is 11.5 Å². The summed E-state index contributed by atoms with van der Waals surface area (Å²) in [6.45, 7) is 5.86. The molecule has 1 aromatic carbocycles. The number of nitrogens with zero attached hydrogens (tertiary/aromatic N) is 1. The number of aryl methyl sites for hydroxylation is 1. The second-order valence-corrected chi connectivity index (χ2v) is 5.75. The van der Waals surface area contributed by atoms with Crippen LogP contribution in [0.2, 0.25) is 0 Å². The Balaban J connectivity index is 0.00000264. The number of rotatable bonds is 5. The molecule has 0 radical (unpaired) electrons. The maximum atomic E-state index is 12.5. The van der Waals surface area contributed by atoms with Crippen LogP contribution in [0.3, 0.4) is 0 Å². The highest BCUT2D eigenvalue weighted by Gasteiger charge is 2.27. The van der Waals surface area contributed by atoms with E-state index in [-0.39, 0.29) is 24.4 Å². The second kappa shape index (κ2) is 8.99. The number of ether oxygens (including phenoxy) is 2. The predicted octanol–water partition coefficient (Wildman–Crippen LogP) is 2.27. The third-order valence-corrected chi connectivity index (χ3v) is 4.45. The number of methoxy groups -OCH3 is 2. The Morgan fingerprint density at radius 2 is 2.04 bits per heavy atom. The van der Waals surface area contributed by atoms with Crippen LogP contribution in [0.5, 0.6) is 11.5 Å². The van der Waals surface area contributed by atoms with Crippen LogP contribution in [0, 0.1) is 0 Å². The fraction of sp³-hybridized carbons (Fsp3) is 0.588. The van der Waals surface area contributed by atoms with Gasteiger partial charge in [0.2, 0.25) is 5.91 Å². The fourth-order valence-corrected chi connectivity index (χ4v) is 2.87. The lowest BCUT2D eigenvalue weighted by atomic mass is 10.0. The van der Waals surface area contributed by atoms with E-state index < -0.39 is 0 Å². The lowest BCUT2D eigenvalue weighted by Gasteiger charge is -2.38. The van der Waals surface area contributed by atoms with Crippen molar-refractivity contribution in [2.45, 2.75) is 38.8 Å². The summed E-state index contributed by atoms with van der Waals surface area (Å²) in [7, 11) is 3.29. The first-order valence-electron chi connectivity index (χ1n) is 7.80. The lowest BCUT2D eigenvalue weighted by Crippen LogP contribution is -2.57. The van der Waals surface area contributed by atoms with Gasteiger partial charge in [-0.25, -0.2) is 0 Å². The standard InChI is InChI=1S/C17H26N2O3.ClH/c1-12-13(2)19(10-9-18-12)17(20)8-5-14-11-15(21-3)6-7-16(14)22-4;/h6-7,11-13,18H,5,8-10H2,1-4H3;1H. The van der Waals surface area contributed by atoms with Crippen molar-refractivity contribution in [2.24, 2.45) is 0 Å². The lowest BCUT2D eigenvalue weighted by molar-refractivity contribution is -0.134. The van der Waals surface area contributed by atoms with E-state index in [4.69, 9.17) is 9.47 Å². The summed E-state index contributed by atoms with van der Waals surface area (Å²) in [5.41, 5.74) is 1.01. The van der Waals surface area contributed by atoms with Crippen LogP contribution < -0.4 is 14.8 Å². The third-order valence-electron chi connectivity index (χ3n) is 4.45. The van der Waals surface area contributed by atoms with Gasteiger partial charge in [-0.3, -0.25) is 4.79 Å². The smallest absolute Gasteiger partial charge is 0.223 e. The highest BCUT2D eigenvalue weighted by molar-refractivity contribution is 5.85. The summed E-state index contributed by atoms with van der Waals surface area (Å²) in [5, 5.41) is 3.39. The Morgan fingerprint density at radius 1 is 1.30 bits per heavy atom. The number of nitrogens with one attached hydrogen (secondary N) is 1. The maximum Gasteiger partial charge on any atom is 0.223 e. The third kappa shape index (κ3) is 4.75. The molecule has 23 heavy (non-hydrogen) atoms. The van der Waals surface area contributed by atoms with Gasteiger partial charge in [-0.2, -0.15) is 0 Å². The number of hydrogen-bond acceptors (Lipinski definition) is 4. The van der Waals surface area contributed by atoms with Crippen molar-refractivity contribution < 1.29 is 14.3 Å². The molecule has 0 saturated carbocycles. The van der Waals surface area contributed by atoms with E-state index in [1.807, 2.05) is 23.1 Å². The minimum Gasteiger partial charge on any atom is -0.497 e. The first-order chi connectivity index (χ1) is 10.6. The van der Waals surface area contributed by atoms with Gasteiger partial charge in [-0.1, -0.05) is 0 Å². The van der Waals surface area contributed by atoms with E-state index >= 15 is 0 Å². The molecule has 0 spiro atoms. The van der Waals surface area contributed by atoms with Crippen molar-refractivity contribution in [1.82, 2.24) is 10.2 Å². The molecule has 1 N–H and O–H groups in total. The van der Waals surface area contributed by atoms with Gasteiger partial charge in [0.25, 0.3) is 0 Å². The SMILES string of the molecule is COc1ccc(OC)c(CCC(=O)N2CCNC(C)C2C)c1.Cl. The Hall–Kier alpha value is -1.46. The minimum atomic E-state index is 0. The number of benzene rings is 1. The molecular weight excluding hydrogens is 316 g/mol. The van der Waals surface area contributed by atoms with Gasteiger partial charge < -0.3 is 19.7 Å². The summed E-state index contributed by atoms with van der Waals surface area (Å²) in [4.78, 5) is 14.5. The Kier molecular flexibility index (Phi) is 7.65. The molecule has 6 heteroatoms. The molecule has 1 saturated heterocycles. The quantitative estimate of drug-likeness (QED) is 0.891. The highest BCUT2D eigenvalue weighted by Crippen LogP contribution is 2.25. The molecule has 2 atom stereocenters. The zero-order valence-corrected chi connectivity index (χ0v) is 15.1. The van der Waals surface area contributed by atoms with Crippen LogP contribution in [0.1, 0.15) is 25.8 Å². The molecule has 1 amide bonds. The van der Waals surface area contributed by atoms with Gasteiger partial charge >= 0.3 is 0 Å². The Bertz CT molecular complexity index is 525. The first-order valence-corrected chi connectivity index (χ1v) is 7.80. The monoisotopic (exact) mass is 342 g/mol. The van der Waals surface area contributed by atoms with Gasteiger partial charge in [0.15, 0.2) is 0 Å². The van der Waals surface area contributed by atoms with Crippen molar-refractivity contribution in [3.05, 3.63) is 23.8 Å². The number of hydrogen-bond donors (Lipinski definition) is 1. The topological polar surface area (TPSA) is 50.8 Å². The average molecular weight is 343 g/mol. The molecule has 2 unspecified atom stereocenters. The Labute approximate surface area is 144 Å². The van der Waals surface area contributed by atoms with Crippen LogP contribution in [0.25, 0.3) is 0 Å². The highest BCUT2D eigenvalue weighted by atomic mass is 35.5. The predicted molar refractivity (Wildman–Crippen MR) is 93.8 cm³/mol. The van der Waals surface area contributed by atoms with E-state index in [1.165, 1.54) is 0 Å². The molecule has 130 valence electrons. The number of halogens is 1. The number of piperazine rings is 1. The number of carbonyl (C=O) groups is 1. The van der Waals surface area contributed by atoms with E-state index in [0.29, 0.717) is 18.9 Å². The van der Waals surface area contributed by atoms with Crippen LogP contribution in [-0.2, 0) is 11.2 Å². The molecule has 1 heterocycles. The maximum absolute atomic E-state index is 12.5. The zero-order chi connectivity index (χ0) is 16.1. The van der Waals surface area contributed by atoms with E-state index in [9.17, 15) is 4.79 Å². The molecule has 1 aliphatic rings. The van der Waals surface area contributed by atoms with Crippen molar-refractivity contribution in [3.63, 3.8) is 0 Å². The van der Waals surface area contributed by atoms with Crippen molar-refractivity contribution in [3.8, 4) is 11.5 Å². The summed E-state index contributed by atoms with van der Waals surface area (Å²) in [6, 6.07) is 6.26. The van der Waals surface area contributed by atoms with Crippen LogP contribution in [0.15, 0.2) is 18.2 Å². The van der Waals surface area contributed by atoms with E-state index in [1.54, 1.807) is 14.2 Å². The summed E-state index contributed by atoms with van der Waals surface area (Å²) >= 11 is 0. The molecule has 5 nitrogen and oxygen atoms in total. The minimum absolute atomic E-state index is 0. The van der Waals surface area contributed by atoms with Gasteiger partial charge in [-0.05, 0) is 44.0 Å². The van der Waals surface area contributed by atoms with E-state index in [2.05, 4.69) is 19.2 Å². The van der Waals surface area contributed by atoms with Crippen LogP contribution in [0.4, 0.5) is 0 Å². The molecule has 0 bridgehead atoms.